The van der Waals surface area contributed by atoms with Crippen LogP contribution < -0.4 is 0 Å². The first-order valence-corrected chi connectivity index (χ1v) is 9.01. The molecule has 1 atom stereocenters. The minimum atomic E-state index is -0.827. The number of aryl methyl sites for hydroxylation is 1. The average Bonchev–Trinajstić information content (AvgIpc) is 2.65. The second kappa shape index (κ2) is 8.30. The van der Waals surface area contributed by atoms with Gasteiger partial charge in [-0.05, 0) is 55.4 Å². The van der Waals surface area contributed by atoms with Crippen LogP contribution >= 0.6 is 0 Å². The molecule has 1 aliphatic rings. The molecule has 0 bridgehead atoms. The Kier molecular flexibility index (Phi) is 5.86. The van der Waals surface area contributed by atoms with Gasteiger partial charge in [0.15, 0.2) is 11.6 Å². The summed E-state index contributed by atoms with van der Waals surface area (Å²) in [5, 5.41) is 9.83. The molecule has 0 radical (unpaired) electrons. The summed E-state index contributed by atoms with van der Waals surface area (Å²) in [6, 6.07) is 10.9. The highest BCUT2D eigenvalue weighted by molar-refractivity contribution is 5.79. The van der Waals surface area contributed by atoms with E-state index in [-0.39, 0.29) is 18.1 Å². The molecule has 0 aliphatic carbocycles. The Hall–Kier alpha value is -2.43. The van der Waals surface area contributed by atoms with E-state index in [0.29, 0.717) is 24.4 Å². The van der Waals surface area contributed by atoms with Crippen molar-refractivity contribution in [3.8, 4) is 5.75 Å². The molecule has 0 saturated carbocycles. The first-order valence-electron chi connectivity index (χ1n) is 9.01. The Morgan fingerprint density at radius 2 is 1.96 bits per heavy atom. The van der Waals surface area contributed by atoms with Crippen LogP contribution in [0, 0.1) is 17.6 Å². The summed E-state index contributed by atoms with van der Waals surface area (Å²) in [6.45, 7) is 1.41. The van der Waals surface area contributed by atoms with E-state index in [1.165, 1.54) is 6.07 Å². The van der Waals surface area contributed by atoms with Gasteiger partial charge in [0.1, 0.15) is 5.75 Å². The van der Waals surface area contributed by atoms with Gasteiger partial charge in [-0.3, -0.25) is 4.79 Å². The Morgan fingerprint density at radius 1 is 1.15 bits per heavy atom. The zero-order valence-corrected chi connectivity index (χ0v) is 14.6. The van der Waals surface area contributed by atoms with E-state index in [9.17, 15) is 18.7 Å². The van der Waals surface area contributed by atoms with E-state index in [2.05, 4.69) is 0 Å². The largest absolute Gasteiger partial charge is 0.508 e. The summed E-state index contributed by atoms with van der Waals surface area (Å²) < 4.78 is 26.3. The molecule has 1 amide bonds. The van der Waals surface area contributed by atoms with Crippen molar-refractivity contribution in [3.63, 3.8) is 0 Å². The van der Waals surface area contributed by atoms with Crippen LogP contribution in [-0.4, -0.2) is 29.0 Å². The average molecular weight is 359 g/mol. The zero-order chi connectivity index (χ0) is 18.5. The van der Waals surface area contributed by atoms with Crippen LogP contribution in [0.2, 0.25) is 0 Å². The molecular formula is C21H23F2NO2. The molecular weight excluding hydrogens is 336 g/mol. The normalized spacial score (nSPS) is 17.3. The standard InChI is InChI=1S/C21H23F2NO2/c22-18-10-9-15(12-19(18)23)7-8-16-4-3-11-24(14-16)21(26)13-17-5-1-2-6-20(17)25/h1-2,5-6,9-10,12,16,25H,3-4,7-8,11,13-14H2/t16-/m1/s1. The van der Waals surface area contributed by atoms with Crippen LogP contribution in [0.15, 0.2) is 42.5 Å². The number of halogens is 2. The summed E-state index contributed by atoms with van der Waals surface area (Å²) in [5.74, 6) is -1.13. The number of rotatable bonds is 5. The van der Waals surface area contributed by atoms with Crippen molar-refractivity contribution in [2.24, 2.45) is 5.92 Å². The Labute approximate surface area is 152 Å². The van der Waals surface area contributed by atoms with E-state index in [1.54, 1.807) is 24.3 Å². The number of hydrogen-bond acceptors (Lipinski definition) is 2. The highest BCUT2D eigenvalue weighted by Gasteiger charge is 2.24. The Bertz CT molecular complexity index is 778. The Balaban J connectivity index is 1.54. The fourth-order valence-electron chi connectivity index (χ4n) is 3.53. The van der Waals surface area contributed by atoms with Gasteiger partial charge in [-0.25, -0.2) is 8.78 Å². The third-order valence-electron chi connectivity index (χ3n) is 5.03. The molecule has 5 heteroatoms. The van der Waals surface area contributed by atoms with Crippen molar-refractivity contribution in [2.75, 3.05) is 13.1 Å². The predicted molar refractivity (Wildman–Crippen MR) is 95.8 cm³/mol. The van der Waals surface area contributed by atoms with Crippen LogP contribution in [0.4, 0.5) is 8.78 Å². The van der Waals surface area contributed by atoms with Crippen molar-refractivity contribution >= 4 is 5.91 Å². The van der Waals surface area contributed by atoms with Gasteiger partial charge < -0.3 is 10.0 Å². The topological polar surface area (TPSA) is 40.5 Å². The fourth-order valence-corrected chi connectivity index (χ4v) is 3.53. The lowest BCUT2D eigenvalue weighted by atomic mass is 9.91. The maximum absolute atomic E-state index is 13.3. The number of nitrogens with zero attached hydrogens (tertiary/aromatic N) is 1. The minimum Gasteiger partial charge on any atom is -0.508 e. The van der Waals surface area contributed by atoms with Crippen molar-refractivity contribution in [1.29, 1.82) is 0 Å². The van der Waals surface area contributed by atoms with Crippen molar-refractivity contribution < 1.29 is 18.7 Å². The number of para-hydroxylation sites is 1. The number of carbonyl (C=O) groups excluding carboxylic acids is 1. The van der Waals surface area contributed by atoms with Gasteiger partial charge in [-0.15, -0.1) is 0 Å². The third kappa shape index (κ3) is 4.59. The smallest absolute Gasteiger partial charge is 0.227 e. The lowest BCUT2D eigenvalue weighted by Crippen LogP contribution is -2.40. The number of carbonyl (C=O) groups is 1. The highest BCUT2D eigenvalue weighted by atomic mass is 19.2. The molecule has 1 heterocycles. The molecule has 138 valence electrons. The van der Waals surface area contributed by atoms with Gasteiger partial charge in [0.25, 0.3) is 0 Å². The van der Waals surface area contributed by atoms with Crippen LogP contribution in [0.1, 0.15) is 30.4 Å². The molecule has 0 unspecified atom stereocenters. The van der Waals surface area contributed by atoms with Gasteiger partial charge >= 0.3 is 0 Å². The molecule has 26 heavy (non-hydrogen) atoms. The number of aromatic hydroxyl groups is 1. The summed E-state index contributed by atoms with van der Waals surface area (Å²) in [5.41, 5.74) is 1.42. The number of hydrogen-bond donors (Lipinski definition) is 1. The summed E-state index contributed by atoms with van der Waals surface area (Å²) in [6.07, 6.45) is 3.68. The highest BCUT2D eigenvalue weighted by Crippen LogP contribution is 2.24. The van der Waals surface area contributed by atoms with Crippen LogP contribution in [0.5, 0.6) is 5.75 Å². The van der Waals surface area contributed by atoms with Crippen LogP contribution in [-0.2, 0) is 17.6 Å². The van der Waals surface area contributed by atoms with Gasteiger partial charge in [0.05, 0.1) is 6.42 Å². The first kappa shape index (κ1) is 18.4. The van der Waals surface area contributed by atoms with Crippen molar-refractivity contribution in [2.45, 2.75) is 32.1 Å². The molecule has 3 rings (SSSR count). The van der Waals surface area contributed by atoms with E-state index >= 15 is 0 Å². The number of phenols is 1. The number of benzene rings is 2. The molecule has 3 nitrogen and oxygen atoms in total. The van der Waals surface area contributed by atoms with E-state index in [0.717, 1.165) is 37.4 Å². The first-order chi connectivity index (χ1) is 12.5. The van der Waals surface area contributed by atoms with E-state index in [4.69, 9.17) is 0 Å². The summed E-state index contributed by atoms with van der Waals surface area (Å²) >= 11 is 0. The van der Waals surface area contributed by atoms with E-state index < -0.39 is 11.6 Å². The monoisotopic (exact) mass is 359 g/mol. The molecule has 2 aromatic carbocycles. The van der Waals surface area contributed by atoms with Crippen molar-refractivity contribution in [1.82, 2.24) is 4.90 Å². The maximum Gasteiger partial charge on any atom is 0.227 e. The second-order valence-corrected chi connectivity index (χ2v) is 6.94. The van der Waals surface area contributed by atoms with Gasteiger partial charge in [0.2, 0.25) is 5.91 Å². The van der Waals surface area contributed by atoms with Gasteiger partial charge in [-0.2, -0.15) is 0 Å². The molecule has 1 N–H and O–H groups in total. The summed E-state index contributed by atoms with van der Waals surface area (Å²) in [7, 11) is 0. The van der Waals surface area contributed by atoms with Gasteiger partial charge in [0, 0.05) is 18.7 Å². The number of amides is 1. The number of piperidine rings is 1. The zero-order valence-electron chi connectivity index (χ0n) is 14.6. The van der Waals surface area contributed by atoms with E-state index in [1.807, 2.05) is 11.0 Å². The SMILES string of the molecule is O=C(Cc1ccccc1O)N1CCC[C@H](CCc2ccc(F)c(F)c2)C1. The molecule has 0 spiro atoms. The quantitative estimate of drug-likeness (QED) is 0.874. The predicted octanol–water partition coefficient (Wildman–Crippen LogP) is 4.08. The summed E-state index contributed by atoms with van der Waals surface area (Å²) in [4.78, 5) is 14.4. The Morgan fingerprint density at radius 3 is 2.73 bits per heavy atom. The number of likely N-dealkylation sites (tertiary alicyclic amines) is 1. The lowest BCUT2D eigenvalue weighted by molar-refractivity contribution is -0.132. The molecule has 2 aromatic rings. The lowest BCUT2D eigenvalue weighted by Gasteiger charge is -2.33. The molecule has 1 saturated heterocycles. The maximum atomic E-state index is 13.3. The number of phenolic OH excluding ortho intramolecular Hbond substituents is 1. The van der Waals surface area contributed by atoms with Crippen molar-refractivity contribution in [3.05, 3.63) is 65.2 Å². The van der Waals surface area contributed by atoms with Crippen LogP contribution in [0.25, 0.3) is 0 Å². The van der Waals surface area contributed by atoms with Gasteiger partial charge in [-0.1, -0.05) is 24.3 Å². The second-order valence-electron chi connectivity index (χ2n) is 6.94. The molecule has 1 aliphatic heterocycles. The minimum absolute atomic E-state index is 0.0176. The fraction of sp³-hybridized carbons (Fsp3) is 0.381. The van der Waals surface area contributed by atoms with Crippen LogP contribution in [0.3, 0.4) is 0 Å². The molecule has 0 aromatic heterocycles. The molecule has 1 fully saturated rings. The third-order valence-corrected chi connectivity index (χ3v) is 5.03.